The first kappa shape index (κ1) is 14.6. The normalized spacial score (nSPS) is 22.3. The van der Waals surface area contributed by atoms with Gasteiger partial charge in [0.2, 0.25) is 0 Å². The highest BCUT2D eigenvalue weighted by Gasteiger charge is 2.59. The van der Waals surface area contributed by atoms with Crippen molar-refractivity contribution in [2.75, 3.05) is 5.75 Å². The second-order valence-corrected chi connectivity index (χ2v) is 7.59. The molecule has 0 aliphatic carbocycles. The lowest BCUT2D eigenvalue weighted by molar-refractivity contribution is 0.391. The Bertz CT molecular complexity index is 740. The summed E-state index contributed by atoms with van der Waals surface area (Å²) in [4.78, 5) is 0. The van der Waals surface area contributed by atoms with E-state index in [9.17, 15) is 0 Å². The summed E-state index contributed by atoms with van der Waals surface area (Å²) in [6, 6.07) is 32.9. The molecule has 0 nitrogen and oxygen atoms in total. The van der Waals surface area contributed by atoms with Crippen molar-refractivity contribution in [3.63, 3.8) is 0 Å². The first-order chi connectivity index (χ1) is 11.3. The minimum absolute atomic E-state index is 0.0170. The molecule has 3 aromatic rings. The van der Waals surface area contributed by atoms with E-state index in [1.54, 1.807) is 0 Å². The predicted molar refractivity (Wildman–Crippen MR) is 99.9 cm³/mol. The topological polar surface area (TPSA) is 0 Å². The van der Waals surface area contributed by atoms with E-state index < -0.39 is 0 Å². The summed E-state index contributed by atoms with van der Waals surface area (Å²) in [7, 11) is 0. The molecular weight excluding hydrogens is 296 g/mol. The number of hydrogen-bond donors (Lipinski definition) is 0. The Hall–Kier alpha value is -1.99. The lowest BCUT2D eigenvalue weighted by atomic mass is 9.65. The van der Waals surface area contributed by atoms with E-state index in [0.29, 0.717) is 0 Å². The zero-order chi connectivity index (χ0) is 15.8. The molecule has 3 aromatic carbocycles. The Balaban J connectivity index is 1.95. The molecule has 1 fully saturated rings. The third-order valence-corrected chi connectivity index (χ3v) is 7.20. The molecule has 4 rings (SSSR count). The van der Waals surface area contributed by atoms with Gasteiger partial charge in [-0.25, -0.2) is 0 Å². The highest BCUT2D eigenvalue weighted by molar-refractivity contribution is 8.02. The highest BCUT2D eigenvalue weighted by atomic mass is 32.2. The minimum atomic E-state index is -0.0170. The van der Waals surface area contributed by atoms with Crippen molar-refractivity contribution >= 4 is 11.8 Å². The fourth-order valence-corrected chi connectivity index (χ4v) is 5.60. The fourth-order valence-electron chi connectivity index (χ4n) is 3.84. The molecule has 0 saturated carbocycles. The number of hydrogen-bond acceptors (Lipinski definition) is 1. The third-order valence-electron chi connectivity index (χ3n) is 5.13. The van der Waals surface area contributed by atoms with Gasteiger partial charge in [0.05, 0.1) is 4.75 Å². The van der Waals surface area contributed by atoms with Crippen molar-refractivity contribution in [1.82, 2.24) is 0 Å². The van der Waals surface area contributed by atoms with Gasteiger partial charge in [-0.2, -0.15) is 0 Å². The molecule has 0 amide bonds. The molecule has 0 N–H and O–H groups in total. The molecular formula is C22H20S. The molecule has 1 heterocycles. The van der Waals surface area contributed by atoms with Crippen LogP contribution in [-0.4, -0.2) is 5.75 Å². The molecule has 23 heavy (non-hydrogen) atoms. The summed E-state index contributed by atoms with van der Waals surface area (Å²) in [6.07, 6.45) is 0. The van der Waals surface area contributed by atoms with Crippen LogP contribution in [0.1, 0.15) is 23.6 Å². The van der Waals surface area contributed by atoms with Crippen LogP contribution < -0.4 is 0 Å². The zero-order valence-electron chi connectivity index (χ0n) is 13.3. The average Bonchev–Trinajstić information content (AvgIpc) is 2.63. The van der Waals surface area contributed by atoms with Gasteiger partial charge in [-0.1, -0.05) is 97.9 Å². The standard InChI is InChI=1S/C22H20S/c1-21(18-11-5-2-6-12-18)17-23-22(21,19-13-7-3-8-14-19)20-15-9-4-10-16-20/h2-16H,17H2,1H3. The van der Waals surface area contributed by atoms with Crippen LogP contribution in [0.3, 0.4) is 0 Å². The molecule has 1 heteroatoms. The highest BCUT2D eigenvalue weighted by Crippen LogP contribution is 2.65. The van der Waals surface area contributed by atoms with Crippen LogP contribution in [-0.2, 0) is 10.2 Å². The molecule has 0 bridgehead atoms. The van der Waals surface area contributed by atoms with Gasteiger partial charge in [0, 0.05) is 11.2 Å². The van der Waals surface area contributed by atoms with Crippen molar-refractivity contribution in [2.45, 2.75) is 17.1 Å². The maximum atomic E-state index is 2.42. The molecule has 0 spiro atoms. The predicted octanol–water partition coefficient (Wildman–Crippen LogP) is 5.63. The van der Waals surface area contributed by atoms with Crippen LogP contribution in [0.5, 0.6) is 0 Å². The summed E-state index contributed by atoms with van der Waals surface area (Å²) in [5.74, 6) is 1.14. The maximum absolute atomic E-state index is 2.42. The van der Waals surface area contributed by atoms with Crippen LogP contribution in [0.25, 0.3) is 0 Å². The van der Waals surface area contributed by atoms with E-state index in [2.05, 4.69) is 110 Å². The second-order valence-electron chi connectivity index (χ2n) is 6.40. The van der Waals surface area contributed by atoms with Gasteiger partial charge < -0.3 is 0 Å². The van der Waals surface area contributed by atoms with Gasteiger partial charge in [-0.15, -0.1) is 11.8 Å². The van der Waals surface area contributed by atoms with Crippen LogP contribution in [0.4, 0.5) is 0 Å². The Morgan fingerprint density at radius 3 is 1.35 bits per heavy atom. The van der Waals surface area contributed by atoms with Crippen molar-refractivity contribution in [3.8, 4) is 0 Å². The van der Waals surface area contributed by atoms with E-state index >= 15 is 0 Å². The van der Waals surface area contributed by atoms with Gasteiger partial charge in [-0.05, 0) is 16.7 Å². The summed E-state index contributed by atoms with van der Waals surface area (Å²) in [6.45, 7) is 2.42. The first-order valence-electron chi connectivity index (χ1n) is 8.08. The molecule has 1 unspecified atom stereocenters. The van der Waals surface area contributed by atoms with E-state index in [-0.39, 0.29) is 10.2 Å². The molecule has 114 valence electrons. The second kappa shape index (κ2) is 5.58. The van der Waals surface area contributed by atoms with E-state index in [0.717, 1.165) is 5.75 Å². The van der Waals surface area contributed by atoms with Gasteiger partial charge in [0.1, 0.15) is 0 Å². The van der Waals surface area contributed by atoms with Crippen LogP contribution in [0.15, 0.2) is 91.0 Å². The van der Waals surface area contributed by atoms with Crippen LogP contribution in [0.2, 0.25) is 0 Å². The maximum Gasteiger partial charge on any atom is 0.0759 e. The molecule has 1 atom stereocenters. The monoisotopic (exact) mass is 316 g/mol. The smallest absolute Gasteiger partial charge is 0.0759 e. The van der Waals surface area contributed by atoms with Gasteiger partial charge in [-0.3, -0.25) is 0 Å². The Kier molecular flexibility index (Phi) is 3.54. The van der Waals surface area contributed by atoms with Crippen molar-refractivity contribution in [1.29, 1.82) is 0 Å². The number of thioether (sulfide) groups is 1. The Morgan fingerprint density at radius 1 is 0.609 bits per heavy atom. The quantitative estimate of drug-likeness (QED) is 0.603. The SMILES string of the molecule is CC1(c2ccccc2)CSC1(c1ccccc1)c1ccccc1. The van der Waals surface area contributed by atoms with E-state index in [1.165, 1.54) is 16.7 Å². The third kappa shape index (κ3) is 2.07. The minimum Gasteiger partial charge on any atom is -0.144 e. The lowest BCUT2D eigenvalue weighted by Crippen LogP contribution is -2.56. The Morgan fingerprint density at radius 2 is 1.00 bits per heavy atom. The van der Waals surface area contributed by atoms with Crippen LogP contribution in [0, 0.1) is 0 Å². The van der Waals surface area contributed by atoms with Crippen LogP contribution >= 0.6 is 11.8 Å². The van der Waals surface area contributed by atoms with Crippen molar-refractivity contribution in [3.05, 3.63) is 108 Å². The Labute approximate surface area is 142 Å². The lowest BCUT2D eigenvalue weighted by Gasteiger charge is -2.58. The molecule has 1 aliphatic heterocycles. The van der Waals surface area contributed by atoms with E-state index in [4.69, 9.17) is 0 Å². The summed E-state index contributed by atoms with van der Waals surface area (Å²) in [5, 5.41) is 0. The van der Waals surface area contributed by atoms with Crippen molar-refractivity contribution in [2.24, 2.45) is 0 Å². The van der Waals surface area contributed by atoms with Gasteiger partial charge in [0.25, 0.3) is 0 Å². The molecule has 1 aliphatic rings. The van der Waals surface area contributed by atoms with Gasteiger partial charge >= 0.3 is 0 Å². The number of rotatable bonds is 3. The van der Waals surface area contributed by atoms with Gasteiger partial charge in [0.15, 0.2) is 0 Å². The molecule has 1 saturated heterocycles. The number of benzene rings is 3. The largest absolute Gasteiger partial charge is 0.144 e. The molecule has 0 radical (unpaired) electrons. The molecule has 0 aromatic heterocycles. The zero-order valence-corrected chi connectivity index (χ0v) is 14.1. The summed E-state index contributed by atoms with van der Waals surface area (Å²) in [5.41, 5.74) is 4.32. The fraction of sp³-hybridized carbons (Fsp3) is 0.182. The summed E-state index contributed by atoms with van der Waals surface area (Å²) < 4.78 is -0.0170. The average molecular weight is 316 g/mol. The van der Waals surface area contributed by atoms with Crippen molar-refractivity contribution < 1.29 is 0 Å². The van der Waals surface area contributed by atoms with E-state index in [1.807, 2.05) is 0 Å². The first-order valence-corrected chi connectivity index (χ1v) is 9.06. The summed E-state index contributed by atoms with van der Waals surface area (Å²) >= 11 is 2.06.